The van der Waals surface area contributed by atoms with Gasteiger partial charge in [-0.2, -0.15) is 0 Å². The van der Waals surface area contributed by atoms with E-state index in [1.165, 1.54) is 0 Å². The van der Waals surface area contributed by atoms with E-state index in [1.54, 1.807) is 0 Å². The average molecular weight is 529 g/mol. The van der Waals surface area contributed by atoms with E-state index in [1.807, 2.05) is 0 Å². The van der Waals surface area contributed by atoms with Crippen molar-refractivity contribution in [2.24, 2.45) is 11.8 Å². The van der Waals surface area contributed by atoms with Gasteiger partial charge in [0.15, 0.2) is 14.6 Å². The smallest absolute Gasteiger partial charge is 0.303 e. The Morgan fingerprint density at radius 1 is 0.889 bits per heavy atom. The van der Waals surface area contributed by atoms with Gasteiger partial charge in [-0.3, -0.25) is 14.4 Å². The SMILES string of the molecule is CC(C)(C)[Si](C)(C)O[C@H]1C[C@@H](OC2CCCCO2)[C@H](CCC(=O)CCCCC(=O)O)[C@H]1CCC(=O)O. The standard InChI is InChI=1S/C27H48O8Si/c1-27(2,3)36(4,5)35-23-18-22(34-26-12-8-9-17-33-26)20(21(23)15-16-25(31)32)14-13-19(28)10-6-7-11-24(29)30/h20-23,26H,6-18H2,1-5H3,(H,29,30)(H,31,32)/t20-,21-,22-,23+,26?/m1/s1. The lowest BCUT2D eigenvalue weighted by Crippen LogP contribution is -2.45. The Bertz CT molecular complexity index is 726. The van der Waals surface area contributed by atoms with E-state index in [2.05, 4.69) is 33.9 Å². The summed E-state index contributed by atoms with van der Waals surface area (Å²) in [6.07, 6.45) is 6.23. The van der Waals surface area contributed by atoms with Crippen molar-refractivity contribution in [3.63, 3.8) is 0 Å². The summed E-state index contributed by atoms with van der Waals surface area (Å²) in [6, 6.07) is 0. The minimum absolute atomic E-state index is 0.00336. The Morgan fingerprint density at radius 3 is 2.08 bits per heavy atom. The third kappa shape index (κ3) is 9.87. The number of rotatable bonds is 15. The van der Waals surface area contributed by atoms with Crippen LogP contribution in [0.15, 0.2) is 0 Å². The maximum Gasteiger partial charge on any atom is 0.303 e. The van der Waals surface area contributed by atoms with Crippen molar-refractivity contribution in [2.75, 3.05) is 6.61 Å². The first-order valence-electron chi connectivity index (χ1n) is 13.7. The van der Waals surface area contributed by atoms with Crippen LogP contribution in [0.1, 0.15) is 97.8 Å². The van der Waals surface area contributed by atoms with Gasteiger partial charge in [-0.15, -0.1) is 0 Å². The van der Waals surface area contributed by atoms with Gasteiger partial charge in [0.1, 0.15) is 5.78 Å². The summed E-state index contributed by atoms with van der Waals surface area (Å²) in [5.74, 6) is -1.52. The second-order valence-corrected chi connectivity index (χ2v) is 16.8. The quantitative estimate of drug-likeness (QED) is 0.203. The normalized spacial score (nSPS) is 27.2. The molecule has 208 valence electrons. The van der Waals surface area contributed by atoms with Crippen molar-refractivity contribution >= 4 is 26.0 Å². The molecule has 0 spiro atoms. The zero-order chi connectivity index (χ0) is 26.9. The predicted molar refractivity (Wildman–Crippen MR) is 139 cm³/mol. The number of aliphatic carboxylic acids is 2. The fraction of sp³-hybridized carbons (Fsp3) is 0.889. The third-order valence-electron chi connectivity index (χ3n) is 8.23. The monoisotopic (exact) mass is 528 g/mol. The largest absolute Gasteiger partial charge is 0.481 e. The number of carboxylic acids is 2. The van der Waals surface area contributed by atoms with E-state index in [-0.39, 0.29) is 54.0 Å². The maximum absolute atomic E-state index is 12.6. The molecule has 2 N–H and O–H groups in total. The Kier molecular flexibility index (Phi) is 12.0. The molecule has 5 atom stereocenters. The Hall–Kier alpha value is -1.29. The number of ether oxygens (including phenoxy) is 2. The zero-order valence-corrected chi connectivity index (χ0v) is 23.9. The first-order valence-corrected chi connectivity index (χ1v) is 16.6. The Morgan fingerprint density at radius 2 is 1.50 bits per heavy atom. The van der Waals surface area contributed by atoms with Crippen LogP contribution in [-0.4, -0.2) is 61.4 Å². The highest BCUT2D eigenvalue weighted by Gasteiger charge is 2.49. The molecule has 9 heteroatoms. The third-order valence-corrected chi connectivity index (χ3v) is 12.7. The van der Waals surface area contributed by atoms with E-state index < -0.39 is 20.3 Å². The number of carbonyl (C=O) groups excluding carboxylic acids is 1. The number of hydrogen-bond acceptors (Lipinski definition) is 6. The summed E-state index contributed by atoms with van der Waals surface area (Å²) in [6.45, 7) is 11.7. The van der Waals surface area contributed by atoms with Gasteiger partial charge < -0.3 is 24.1 Å². The van der Waals surface area contributed by atoms with Crippen LogP contribution in [0.3, 0.4) is 0 Å². The molecule has 2 rings (SSSR count). The van der Waals surface area contributed by atoms with Crippen molar-refractivity contribution in [1.29, 1.82) is 0 Å². The van der Waals surface area contributed by atoms with E-state index in [0.717, 1.165) is 19.3 Å². The summed E-state index contributed by atoms with van der Waals surface area (Å²) < 4.78 is 19.2. The minimum atomic E-state index is -2.10. The molecule has 0 aromatic heterocycles. The van der Waals surface area contributed by atoms with E-state index >= 15 is 0 Å². The number of hydrogen-bond donors (Lipinski definition) is 2. The second-order valence-electron chi connectivity index (χ2n) is 12.1. The number of Topliss-reactive ketones (excluding diaryl/α,β-unsaturated/α-hetero) is 1. The summed E-state index contributed by atoms with van der Waals surface area (Å²) >= 11 is 0. The molecule has 1 saturated heterocycles. The van der Waals surface area contributed by atoms with Crippen LogP contribution in [0.25, 0.3) is 0 Å². The maximum atomic E-state index is 12.6. The van der Waals surface area contributed by atoms with Gasteiger partial charge in [-0.25, -0.2) is 0 Å². The molecule has 1 heterocycles. The summed E-state index contributed by atoms with van der Waals surface area (Å²) in [7, 11) is -2.10. The van der Waals surface area contributed by atoms with Gasteiger partial charge in [0.2, 0.25) is 0 Å². The number of carboxylic acid groups (broad SMARTS) is 2. The molecule has 2 aliphatic rings. The molecule has 1 unspecified atom stereocenters. The van der Waals surface area contributed by atoms with Crippen molar-refractivity contribution in [1.82, 2.24) is 0 Å². The van der Waals surface area contributed by atoms with E-state index in [4.69, 9.17) is 19.0 Å². The summed E-state index contributed by atoms with van der Waals surface area (Å²) in [5.41, 5.74) is 0. The first-order chi connectivity index (χ1) is 16.8. The molecule has 36 heavy (non-hydrogen) atoms. The van der Waals surface area contributed by atoms with Crippen LogP contribution in [-0.2, 0) is 28.3 Å². The van der Waals surface area contributed by atoms with Crippen molar-refractivity contribution in [3.8, 4) is 0 Å². The van der Waals surface area contributed by atoms with Gasteiger partial charge in [0.25, 0.3) is 0 Å². The minimum Gasteiger partial charge on any atom is -0.481 e. The highest BCUT2D eigenvalue weighted by Crippen LogP contribution is 2.46. The fourth-order valence-corrected chi connectivity index (χ4v) is 6.51. The first kappa shape index (κ1) is 30.9. The Labute approximate surface area is 217 Å². The van der Waals surface area contributed by atoms with E-state index in [0.29, 0.717) is 51.6 Å². The highest BCUT2D eigenvalue weighted by molar-refractivity contribution is 6.74. The highest BCUT2D eigenvalue weighted by atomic mass is 28.4. The van der Waals surface area contributed by atoms with Gasteiger partial charge in [-0.05, 0) is 81.3 Å². The molecule has 0 aromatic carbocycles. The molecule has 0 bridgehead atoms. The molecule has 0 aromatic rings. The lowest BCUT2D eigenvalue weighted by Gasteiger charge is -2.40. The van der Waals surface area contributed by atoms with Crippen LogP contribution < -0.4 is 0 Å². The molecule has 0 amide bonds. The molecule has 2 fully saturated rings. The van der Waals surface area contributed by atoms with Crippen molar-refractivity contribution < 1.29 is 38.5 Å². The fourth-order valence-electron chi connectivity index (χ4n) is 5.13. The van der Waals surface area contributed by atoms with Gasteiger partial charge in [0.05, 0.1) is 12.2 Å². The van der Waals surface area contributed by atoms with Gasteiger partial charge in [-0.1, -0.05) is 20.8 Å². The number of carbonyl (C=O) groups is 3. The second kappa shape index (κ2) is 14.0. The molecule has 0 radical (unpaired) electrons. The van der Waals surface area contributed by atoms with Crippen LogP contribution in [0, 0.1) is 11.8 Å². The number of unbranched alkanes of at least 4 members (excludes halogenated alkanes) is 1. The van der Waals surface area contributed by atoms with Crippen molar-refractivity contribution in [2.45, 2.75) is 134 Å². The summed E-state index contributed by atoms with van der Waals surface area (Å²) in [5, 5.41) is 18.3. The van der Waals surface area contributed by atoms with Crippen LogP contribution in [0.5, 0.6) is 0 Å². The van der Waals surface area contributed by atoms with Crippen molar-refractivity contribution in [3.05, 3.63) is 0 Å². The van der Waals surface area contributed by atoms with Gasteiger partial charge >= 0.3 is 11.9 Å². The Balaban J connectivity index is 2.15. The average Bonchev–Trinajstić information content (AvgIpc) is 3.08. The van der Waals surface area contributed by atoms with Gasteiger partial charge in [0, 0.05) is 32.3 Å². The molecule has 1 aliphatic heterocycles. The molecule has 8 nitrogen and oxygen atoms in total. The molecule has 1 saturated carbocycles. The van der Waals surface area contributed by atoms with Crippen LogP contribution in [0.2, 0.25) is 18.1 Å². The molecular weight excluding hydrogens is 480 g/mol. The molecule has 1 aliphatic carbocycles. The topological polar surface area (TPSA) is 119 Å². The number of ketones is 1. The van der Waals surface area contributed by atoms with Crippen LogP contribution >= 0.6 is 0 Å². The zero-order valence-electron chi connectivity index (χ0n) is 22.9. The summed E-state index contributed by atoms with van der Waals surface area (Å²) in [4.78, 5) is 34.8. The lowest BCUT2D eigenvalue weighted by atomic mass is 9.85. The predicted octanol–water partition coefficient (Wildman–Crippen LogP) is 5.78. The van der Waals surface area contributed by atoms with Crippen LogP contribution in [0.4, 0.5) is 0 Å². The molecular formula is C27H48O8Si. The lowest BCUT2D eigenvalue weighted by molar-refractivity contribution is -0.196. The van der Waals surface area contributed by atoms with E-state index in [9.17, 15) is 19.5 Å².